The summed E-state index contributed by atoms with van der Waals surface area (Å²) in [7, 11) is 1.97. The maximum Gasteiger partial charge on any atom is 3.00 e. The van der Waals surface area contributed by atoms with Crippen LogP contribution in [0.4, 0.5) is 0 Å². The van der Waals surface area contributed by atoms with Crippen LogP contribution in [0.2, 0.25) is 0 Å². The van der Waals surface area contributed by atoms with Gasteiger partial charge in [-0.3, -0.25) is 0 Å². The second-order valence-corrected chi connectivity index (χ2v) is 5.44. The fraction of sp³-hybridized carbons (Fsp3) is 0.750. The van der Waals surface area contributed by atoms with Gasteiger partial charge in [-0.15, -0.1) is 0 Å². The summed E-state index contributed by atoms with van der Waals surface area (Å²) >= 11 is 0. The van der Waals surface area contributed by atoms with Gasteiger partial charge < -0.3 is 30.0 Å². The second kappa shape index (κ2) is 12.5. The van der Waals surface area contributed by atoms with Crippen molar-refractivity contribution < 1.29 is 37.5 Å². The molecule has 0 amide bonds. The molecule has 0 rings (SSSR count). The van der Waals surface area contributed by atoms with Gasteiger partial charge in [0, 0.05) is 12.0 Å². The Balaban J connectivity index is -0.000000580. The van der Waals surface area contributed by atoms with Crippen LogP contribution in [0.1, 0.15) is 54.4 Å². The molecular formula is C16H32NOY. The van der Waals surface area contributed by atoms with E-state index in [1.54, 1.807) is 0 Å². The van der Waals surface area contributed by atoms with Gasteiger partial charge in [-0.2, -0.15) is 20.3 Å². The number of hydrogen-bond donors (Lipinski definition) is 0. The van der Waals surface area contributed by atoms with E-state index in [1.165, 1.54) is 0 Å². The summed E-state index contributed by atoms with van der Waals surface area (Å²) in [4.78, 5) is 14.2. The van der Waals surface area contributed by atoms with E-state index in [9.17, 15) is 4.79 Å². The Hall–Kier alpha value is 0.734. The SMILES string of the molecule is C[CH-]C.[CH2-]CCC([CH2-])(C(=O)C(C)C)N(C)C(C)C.[Y+3]. The average Bonchev–Trinajstić information content (AvgIpc) is 2.27. The van der Waals surface area contributed by atoms with Crippen LogP contribution in [0, 0.1) is 26.2 Å². The third-order valence-corrected chi connectivity index (χ3v) is 3.02. The second-order valence-electron chi connectivity index (χ2n) is 5.44. The molecule has 0 saturated heterocycles. The third-order valence-electron chi connectivity index (χ3n) is 3.02. The maximum absolute atomic E-state index is 12.2. The van der Waals surface area contributed by atoms with Crippen molar-refractivity contribution in [2.75, 3.05) is 7.05 Å². The van der Waals surface area contributed by atoms with E-state index in [2.05, 4.69) is 32.6 Å². The first-order valence-electron chi connectivity index (χ1n) is 6.84. The normalized spacial score (nSPS) is 13.7. The zero-order valence-electron chi connectivity index (χ0n) is 14.0. The number of carbonyl (C=O) groups excluding carboxylic acids is 1. The molecule has 0 radical (unpaired) electrons. The van der Waals surface area contributed by atoms with Gasteiger partial charge in [-0.1, -0.05) is 20.3 Å². The number of rotatable bonds is 6. The van der Waals surface area contributed by atoms with Gasteiger partial charge in [0.15, 0.2) is 0 Å². The molecule has 0 N–H and O–H groups in total. The summed E-state index contributed by atoms with van der Waals surface area (Å²) in [5.74, 6) is 0.234. The first-order chi connectivity index (χ1) is 8.18. The number of likely N-dealkylation sites (N-methyl/N-ethyl adjacent to an activating group) is 1. The van der Waals surface area contributed by atoms with Crippen molar-refractivity contribution in [1.29, 1.82) is 0 Å². The minimum Gasteiger partial charge on any atom is -0.343 e. The summed E-state index contributed by atoms with van der Waals surface area (Å²) < 4.78 is 0. The van der Waals surface area contributed by atoms with Gasteiger partial charge >= 0.3 is 32.7 Å². The summed E-state index contributed by atoms with van der Waals surface area (Å²) in [6.07, 6.45) is 3.46. The number of Topliss-reactive ketones (excluding diaryl/α,β-unsaturated/α-hetero) is 1. The van der Waals surface area contributed by atoms with Crippen molar-refractivity contribution in [3.8, 4) is 0 Å². The monoisotopic (exact) mass is 343 g/mol. The van der Waals surface area contributed by atoms with E-state index in [1.807, 2.05) is 41.2 Å². The summed E-state index contributed by atoms with van der Waals surface area (Å²) in [5.41, 5.74) is -0.607. The predicted molar refractivity (Wildman–Crippen MR) is 81.1 cm³/mol. The Morgan fingerprint density at radius 3 is 1.84 bits per heavy atom. The summed E-state index contributed by atoms with van der Waals surface area (Å²) in [5, 5.41) is 0. The topological polar surface area (TPSA) is 20.3 Å². The standard InChI is InChI=1S/C13H25NO.C3H7.Y/c1-8-9-13(6,12(15)10(2)3)14(7)11(4)5;1-3-2;/h10-11H,1,6,8-9H2,2-5,7H3;3H,1-2H3;/q-2;-1;+3. The number of nitrogens with zero attached hydrogens (tertiary/aromatic N) is 1. The van der Waals surface area contributed by atoms with Crippen LogP contribution in [0.25, 0.3) is 0 Å². The molecule has 2 nitrogen and oxygen atoms in total. The van der Waals surface area contributed by atoms with E-state index in [-0.39, 0.29) is 44.4 Å². The van der Waals surface area contributed by atoms with Crippen LogP contribution in [-0.4, -0.2) is 29.3 Å². The Morgan fingerprint density at radius 1 is 1.26 bits per heavy atom. The van der Waals surface area contributed by atoms with E-state index in [0.717, 1.165) is 12.8 Å². The molecule has 3 heteroatoms. The number of ketones is 1. The molecule has 0 heterocycles. The quantitative estimate of drug-likeness (QED) is 0.680. The van der Waals surface area contributed by atoms with E-state index < -0.39 is 5.54 Å². The van der Waals surface area contributed by atoms with Crippen LogP contribution in [-0.2, 0) is 37.5 Å². The zero-order chi connectivity index (χ0) is 14.9. The smallest absolute Gasteiger partial charge is 0.343 e. The van der Waals surface area contributed by atoms with Crippen molar-refractivity contribution in [1.82, 2.24) is 4.90 Å². The van der Waals surface area contributed by atoms with Gasteiger partial charge in [0.1, 0.15) is 5.78 Å². The average molecular weight is 343 g/mol. The minimum atomic E-state index is -0.607. The van der Waals surface area contributed by atoms with Gasteiger partial charge in [0.05, 0.1) is 0 Å². The molecule has 0 aromatic carbocycles. The summed E-state index contributed by atoms with van der Waals surface area (Å²) in [6, 6.07) is 0.316. The number of hydrogen-bond acceptors (Lipinski definition) is 2. The van der Waals surface area contributed by atoms with E-state index in [4.69, 9.17) is 0 Å². The molecule has 0 aliphatic carbocycles. The summed E-state index contributed by atoms with van der Waals surface area (Å²) in [6.45, 7) is 20.0. The molecule has 0 fully saturated rings. The fourth-order valence-electron chi connectivity index (χ4n) is 1.80. The van der Waals surface area contributed by atoms with E-state index >= 15 is 0 Å². The van der Waals surface area contributed by atoms with Crippen molar-refractivity contribution >= 4 is 5.78 Å². The van der Waals surface area contributed by atoms with Gasteiger partial charge in [-0.25, -0.2) is 0 Å². The molecule has 0 aromatic rings. The first-order valence-corrected chi connectivity index (χ1v) is 6.84. The van der Waals surface area contributed by atoms with Gasteiger partial charge in [-0.05, 0) is 26.4 Å². The molecule has 0 aliphatic rings. The molecule has 19 heavy (non-hydrogen) atoms. The zero-order valence-corrected chi connectivity index (χ0v) is 16.8. The Morgan fingerprint density at radius 2 is 1.63 bits per heavy atom. The van der Waals surface area contributed by atoms with Gasteiger partial charge in [0.2, 0.25) is 0 Å². The molecule has 110 valence electrons. The molecule has 1 atom stereocenters. The van der Waals surface area contributed by atoms with Crippen molar-refractivity contribution in [3.05, 3.63) is 20.3 Å². The van der Waals surface area contributed by atoms with Crippen molar-refractivity contribution in [2.45, 2.75) is 66.0 Å². The van der Waals surface area contributed by atoms with Crippen molar-refractivity contribution in [3.63, 3.8) is 0 Å². The fourth-order valence-corrected chi connectivity index (χ4v) is 1.80. The molecule has 0 aliphatic heterocycles. The van der Waals surface area contributed by atoms with Crippen molar-refractivity contribution in [2.24, 2.45) is 5.92 Å². The minimum absolute atomic E-state index is 0. The maximum atomic E-state index is 12.2. The van der Waals surface area contributed by atoms with Crippen LogP contribution in [0.5, 0.6) is 0 Å². The Labute approximate surface area is 147 Å². The van der Waals surface area contributed by atoms with E-state index in [0.29, 0.717) is 6.04 Å². The van der Waals surface area contributed by atoms with Gasteiger partial charge in [0.25, 0.3) is 0 Å². The Kier molecular flexibility index (Phi) is 16.2. The molecule has 0 aromatic heterocycles. The molecule has 1 unspecified atom stereocenters. The largest absolute Gasteiger partial charge is 3.00 e. The van der Waals surface area contributed by atoms with Crippen LogP contribution < -0.4 is 0 Å². The Bertz CT molecular complexity index is 229. The third kappa shape index (κ3) is 8.58. The molecular weight excluding hydrogens is 311 g/mol. The molecule has 0 saturated carbocycles. The molecule has 0 spiro atoms. The first kappa shape index (κ1) is 24.7. The van der Waals surface area contributed by atoms with Crippen LogP contribution in [0.3, 0.4) is 0 Å². The number of carbonyl (C=O) groups is 1. The molecule has 0 bridgehead atoms. The van der Waals surface area contributed by atoms with Crippen LogP contribution >= 0.6 is 0 Å². The van der Waals surface area contributed by atoms with Crippen LogP contribution in [0.15, 0.2) is 0 Å². The predicted octanol–water partition coefficient (Wildman–Crippen LogP) is 3.97.